The number of hydrogen-bond acceptors (Lipinski definition) is 4. The van der Waals surface area contributed by atoms with Crippen molar-refractivity contribution in [3.8, 4) is 0 Å². The number of aryl methyl sites for hydroxylation is 1. The van der Waals surface area contributed by atoms with Gasteiger partial charge in [-0.15, -0.1) is 11.3 Å². The van der Waals surface area contributed by atoms with Gasteiger partial charge in [-0.1, -0.05) is 6.92 Å². The van der Waals surface area contributed by atoms with Crippen LogP contribution in [0, 0.1) is 6.92 Å². The van der Waals surface area contributed by atoms with Gasteiger partial charge in [-0.05, 0) is 37.6 Å². The summed E-state index contributed by atoms with van der Waals surface area (Å²) in [6, 6.07) is 7.33. The molecule has 1 amide bonds. The molecule has 0 unspecified atom stereocenters. The predicted octanol–water partition coefficient (Wildman–Crippen LogP) is 3.09. The highest BCUT2D eigenvalue weighted by Gasteiger charge is 2.19. The van der Waals surface area contributed by atoms with Crippen molar-refractivity contribution >= 4 is 28.6 Å². The molecule has 0 atom stereocenters. The van der Waals surface area contributed by atoms with Crippen molar-refractivity contribution in [1.82, 2.24) is 4.98 Å². The van der Waals surface area contributed by atoms with Gasteiger partial charge in [0.1, 0.15) is 5.69 Å². The van der Waals surface area contributed by atoms with Crippen LogP contribution in [0.4, 0.5) is 11.4 Å². The summed E-state index contributed by atoms with van der Waals surface area (Å²) >= 11 is 1.49. The first-order chi connectivity index (χ1) is 9.11. The fourth-order valence-corrected chi connectivity index (χ4v) is 2.41. The number of nitrogens with two attached hydrogens (primary N) is 1. The third kappa shape index (κ3) is 3.12. The smallest absolute Gasteiger partial charge is 0.277 e. The fourth-order valence-electron chi connectivity index (χ4n) is 1.83. The van der Waals surface area contributed by atoms with Crippen LogP contribution < -0.4 is 10.6 Å². The molecule has 1 aromatic carbocycles. The molecule has 2 aromatic rings. The van der Waals surface area contributed by atoms with Crippen LogP contribution in [0.5, 0.6) is 0 Å². The molecule has 19 heavy (non-hydrogen) atoms. The first-order valence-corrected chi connectivity index (χ1v) is 7.09. The topological polar surface area (TPSA) is 59.2 Å². The maximum absolute atomic E-state index is 12.5. The number of nitrogens with zero attached hydrogens (tertiary/aromatic N) is 2. The van der Waals surface area contributed by atoms with Gasteiger partial charge in [0, 0.05) is 23.3 Å². The van der Waals surface area contributed by atoms with E-state index in [1.165, 1.54) is 11.3 Å². The third-order valence-electron chi connectivity index (χ3n) is 2.74. The molecule has 5 heteroatoms. The van der Waals surface area contributed by atoms with E-state index in [1.807, 2.05) is 26.0 Å². The van der Waals surface area contributed by atoms with E-state index >= 15 is 0 Å². The van der Waals surface area contributed by atoms with E-state index in [9.17, 15) is 4.79 Å². The molecule has 4 nitrogen and oxygen atoms in total. The number of thiazole rings is 1. The van der Waals surface area contributed by atoms with Crippen LogP contribution in [0.3, 0.4) is 0 Å². The summed E-state index contributed by atoms with van der Waals surface area (Å²) in [6.45, 7) is 4.61. The van der Waals surface area contributed by atoms with E-state index in [4.69, 9.17) is 5.73 Å². The lowest BCUT2D eigenvalue weighted by atomic mass is 10.2. The minimum atomic E-state index is -0.0593. The maximum atomic E-state index is 12.5. The summed E-state index contributed by atoms with van der Waals surface area (Å²) in [5, 5.41) is 2.70. The number of anilines is 2. The Kier molecular flexibility index (Phi) is 4.16. The van der Waals surface area contributed by atoms with Crippen LogP contribution in [-0.4, -0.2) is 17.4 Å². The van der Waals surface area contributed by atoms with Gasteiger partial charge in [-0.3, -0.25) is 4.79 Å². The normalized spacial score (nSPS) is 10.4. The second kappa shape index (κ2) is 5.84. The predicted molar refractivity (Wildman–Crippen MR) is 79.7 cm³/mol. The molecule has 100 valence electrons. The zero-order valence-corrected chi connectivity index (χ0v) is 11.9. The summed E-state index contributed by atoms with van der Waals surface area (Å²) < 4.78 is 0. The second-order valence-corrected chi connectivity index (χ2v) is 5.36. The van der Waals surface area contributed by atoms with Gasteiger partial charge in [0.2, 0.25) is 0 Å². The number of rotatable bonds is 4. The average molecular weight is 275 g/mol. The van der Waals surface area contributed by atoms with Crippen molar-refractivity contribution in [2.24, 2.45) is 0 Å². The first-order valence-electron chi connectivity index (χ1n) is 6.21. The third-order valence-corrected chi connectivity index (χ3v) is 3.51. The number of hydrogen-bond donors (Lipinski definition) is 1. The van der Waals surface area contributed by atoms with Crippen molar-refractivity contribution in [2.45, 2.75) is 20.3 Å². The summed E-state index contributed by atoms with van der Waals surface area (Å²) in [4.78, 5) is 18.5. The molecule has 0 saturated heterocycles. The largest absolute Gasteiger partial charge is 0.399 e. The number of benzene rings is 1. The van der Waals surface area contributed by atoms with E-state index < -0.39 is 0 Å². The molecule has 1 aromatic heterocycles. The van der Waals surface area contributed by atoms with Gasteiger partial charge < -0.3 is 10.6 Å². The van der Waals surface area contributed by atoms with Crippen LogP contribution in [0.2, 0.25) is 0 Å². The first kappa shape index (κ1) is 13.5. The molecule has 2 N–H and O–H groups in total. The Bertz CT molecular complexity index is 562. The SMILES string of the molecule is CCCN(C(=O)c1csc(C)n1)c1ccc(N)cc1. The standard InChI is InChI=1S/C14H17N3OS/c1-3-8-17(12-6-4-11(15)5-7-12)14(18)13-9-19-10(2)16-13/h4-7,9H,3,8,15H2,1-2H3. The molecular formula is C14H17N3OS. The summed E-state index contributed by atoms with van der Waals surface area (Å²) in [5.41, 5.74) is 7.73. The van der Waals surface area contributed by atoms with Gasteiger partial charge in [0.05, 0.1) is 5.01 Å². The van der Waals surface area contributed by atoms with Crippen LogP contribution >= 0.6 is 11.3 Å². The lowest BCUT2D eigenvalue weighted by molar-refractivity contribution is 0.0982. The summed E-state index contributed by atoms with van der Waals surface area (Å²) in [7, 11) is 0. The molecule has 0 radical (unpaired) electrons. The lowest BCUT2D eigenvalue weighted by Gasteiger charge is -2.21. The van der Waals surface area contributed by atoms with E-state index in [2.05, 4.69) is 4.98 Å². The Morgan fingerprint density at radius 1 is 1.37 bits per heavy atom. The minimum absolute atomic E-state index is 0.0593. The Balaban J connectivity index is 2.29. The minimum Gasteiger partial charge on any atom is -0.399 e. The van der Waals surface area contributed by atoms with Gasteiger partial charge in [-0.2, -0.15) is 0 Å². The molecule has 0 aliphatic rings. The number of carbonyl (C=O) groups is 1. The second-order valence-electron chi connectivity index (χ2n) is 4.30. The highest BCUT2D eigenvalue weighted by Crippen LogP contribution is 2.20. The van der Waals surface area contributed by atoms with Crippen molar-refractivity contribution < 1.29 is 4.79 Å². The maximum Gasteiger partial charge on any atom is 0.277 e. The monoisotopic (exact) mass is 275 g/mol. The molecule has 0 aliphatic heterocycles. The number of aromatic nitrogens is 1. The Labute approximate surface area is 116 Å². The number of carbonyl (C=O) groups excluding carboxylic acids is 1. The van der Waals surface area contributed by atoms with E-state index in [0.29, 0.717) is 17.9 Å². The van der Waals surface area contributed by atoms with E-state index in [-0.39, 0.29) is 5.91 Å². The molecule has 0 bridgehead atoms. The number of nitrogen functional groups attached to an aromatic ring is 1. The molecule has 0 aliphatic carbocycles. The Morgan fingerprint density at radius 3 is 2.58 bits per heavy atom. The fraction of sp³-hybridized carbons (Fsp3) is 0.286. The summed E-state index contributed by atoms with van der Waals surface area (Å²) in [6.07, 6.45) is 0.888. The molecular weight excluding hydrogens is 258 g/mol. The van der Waals surface area contributed by atoms with Crippen molar-refractivity contribution in [3.63, 3.8) is 0 Å². The lowest BCUT2D eigenvalue weighted by Crippen LogP contribution is -2.31. The van der Waals surface area contributed by atoms with Crippen LogP contribution in [0.15, 0.2) is 29.6 Å². The average Bonchev–Trinajstić information content (AvgIpc) is 2.83. The van der Waals surface area contributed by atoms with Gasteiger partial charge in [0.25, 0.3) is 5.91 Å². The van der Waals surface area contributed by atoms with E-state index in [0.717, 1.165) is 17.1 Å². The molecule has 2 rings (SSSR count). The van der Waals surface area contributed by atoms with Gasteiger partial charge >= 0.3 is 0 Å². The quantitative estimate of drug-likeness (QED) is 0.872. The molecule has 0 fully saturated rings. The van der Waals surface area contributed by atoms with Gasteiger partial charge in [-0.25, -0.2) is 4.98 Å². The molecule has 0 saturated carbocycles. The zero-order valence-electron chi connectivity index (χ0n) is 11.1. The van der Waals surface area contributed by atoms with Crippen molar-refractivity contribution in [1.29, 1.82) is 0 Å². The highest BCUT2D eigenvalue weighted by atomic mass is 32.1. The Hall–Kier alpha value is -1.88. The van der Waals surface area contributed by atoms with Crippen LogP contribution in [0.25, 0.3) is 0 Å². The number of amides is 1. The highest BCUT2D eigenvalue weighted by molar-refractivity contribution is 7.09. The van der Waals surface area contributed by atoms with Crippen molar-refractivity contribution in [2.75, 3.05) is 17.2 Å². The van der Waals surface area contributed by atoms with Crippen LogP contribution in [0.1, 0.15) is 28.8 Å². The zero-order chi connectivity index (χ0) is 13.8. The summed E-state index contributed by atoms with van der Waals surface area (Å²) in [5.74, 6) is -0.0593. The Morgan fingerprint density at radius 2 is 2.05 bits per heavy atom. The van der Waals surface area contributed by atoms with Crippen LogP contribution in [-0.2, 0) is 0 Å². The molecule has 1 heterocycles. The van der Waals surface area contributed by atoms with Gasteiger partial charge in [0.15, 0.2) is 0 Å². The van der Waals surface area contributed by atoms with Crippen molar-refractivity contribution in [3.05, 3.63) is 40.3 Å². The molecule has 0 spiro atoms. The van der Waals surface area contributed by atoms with E-state index in [1.54, 1.807) is 22.4 Å².